The minimum atomic E-state index is 0.399. The second-order valence-electron chi connectivity index (χ2n) is 4.99. The number of hydrogen-bond acceptors (Lipinski definition) is 3. The highest BCUT2D eigenvalue weighted by Crippen LogP contribution is 2.19. The van der Waals surface area contributed by atoms with Gasteiger partial charge in [-0.05, 0) is 45.0 Å². The van der Waals surface area contributed by atoms with Gasteiger partial charge in [0.1, 0.15) is 0 Å². The van der Waals surface area contributed by atoms with E-state index in [9.17, 15) is 0 Å². The topological polar surface area (TPSA) is 47.1 Å². The Morgan fingerprint density at radius 3 is 2.68 bits per heavy atom. The van der Waals surface area contributed by atoms with E-state index in [-0.39, 0.29) is 0 Å². The van der Waals surface area contributed by atoms with Crippen LogP contribution in [0.1, 0.15) is 32.5 Å². The van der Waals surface area contributed by atoms with Gasteiger partial charge in [-0.15, -0.1) is 0 Å². The van der Waals surface area contributed by atoms with Crippen LogP contribution >= 0.6 is 0 Å². The number of anilines is 2. The van der Waals surface area contributed by atoms with E-state index in [2.05, 4.69) is 42.9 Å². The van der Waals surface area contributed by atoms with Crippen LogP contribution in [0.5, 0.6) is 0 Å². The van der Waals surface area contributed by atoms with Crippen molar-refractivity contribution in [3.05, 3.63) is 42.2 Å². The van der Waals surface area contributed by atoms with E-state index in [1.54, 1.807) is 0 Å². The number of nitrogen functional groups attached to an aromatic ring is 1. The fourth-order valence-corrected chi connectivity index (χ4v) is 2.05. The van der Waals surface area contributed by atoms with Gasteiger partial charge in [-0.2, -0.15) is 5.10 Å². The first kappa shape index (κ1) is 13.5. The summed E-state index contributed by atoms with van der Waals surface area (Å²) in [5, 5.41) is 4.59. The van der Waals surface area contributed by atoms with Crippen molar-refractivity contribution in [1.82, 2.24) is 9.78 Å². The molecule has 0 aliphatic rings. The maximum atomic E-state index is 5.84. The molecule has 0 unspecified atom stereocenters. The van der Waals surface area contributed by atoms with Crippen LogP contribution in [-0.4, -0.2) is 16.3 Å². The standard InChI is InChI=1S/C15H22N4/c1-4-18(15-7-5-6-13(16)10-15)11-14-8-9-19(17-14)12(2)3/h5-10,12H,4,11,16H2,1-3H3. The molecular weight excluding hydrogens is 236 g/mol. The molecule has 0 spiro atoms. The lowest BCUT2D eigenvalue weighted by atomic mass is 10.2. The van der Waals surface area contributed by atoms with Gasteiger partial charge in [-0.25, -0.2) is 0 Å². The van der Waals surface area contributed by atoms with E-state index in [4.69, 9.17) is 5.73 Å². The van der Waals surface area contributed by atoms with Gasteiger partial charge in [0.05, 0.1) is 12.2 Å². The molecule has 0 bridgehead atoms. The summed E-state index contributed by atoms with van der Waals surface area (Å²) in [5.74, 6) is 0. The first-order valence-corrected chi connectivity index (χ1v) is 6.74. The minimum absolute atomic E-state index is 0.399. The lowest BCUT2D eigenvalue weighted by molar-refractivity contribution is 0.525. The maximum absolute atomic E-state index is 5.84. The van der Waals surface area contributed by atoms with E-state index in [1.807, 2.05) is 29.1 Å². The normalized spacial score (nSPS) is 10.9. The minimum Gasteiger partial charge on any atom is -0.399 e. The van der Waals surface area contributed by atoms with Crippen molar-refractivity contribution in [3.63, 3.8) is 0 Å². The van der Waals surface area contributed by atoms with Gasteiger partial charge in [0, 0.05) is 30.2 Å². The van der Waals surface area contributed by atoms with Crippen LogP contribution in [-0.2, 0) is 6.54 Å². The summed E-state index contributed by atoms with van der Waals surface area (Å²) < 4.78 is 1.99. The van der Waals surface area contributed by atoms with Crippen LogP contribution in [0.15, 0.2) is 36.5 Å². The molecule has 0 saturated carbocycles. The van der Waals surface area contributed by atoms with Crippen molar-refractivity contribution in [1.29, 1.82) is 0 Å². The lowest BCUT2D eigenvalue weighted by Crippen LogP contribution is -2.22. The van der Waals surface area contributed by atoms with Crippen molar-refractivity contribution in [2.45, 2.75) is 33.4 Å². The number of benzene rings is 1. The average molecular weight is 258 g/mol. The summed E-state index contributed by atoms with van der Waals surface area (Å²) in [5.41, 5.74) is 8.86. The molecule has 4 nitrogen and oxygen atoms in total. The SMILES string of the molecule is CCN(Cc1ccn(C(C)C)n1)c1cccc(N)c1. The third-order valence-corrected chi connectivity index (χ3v) is 3.16. The Bertz CT molecular complexity index is 530. The summed E-state index contributed by atoms with van der Waals surface area (Å²) in [7, 11) is 0. The molecule has 0 aliphatic heterocycles. The summed E-state index contributed by atoms with van der Waals surface area (Å²) in [4.78, 5) is 2.27. The Balaban J connectivity index is 2.14. The van der Waals surface area contributed by atoms with Gasteiger partial charge in [0.25, 0.3) is 0 Å². The zero-order chi connectivity index (χ0) is 13.8. The lowest BCUT2D eigenvalue weighted by Gasteiger charge is -2.22. The van der Waals surface area contributed by atoms with Crippen molar-refractivity contribution in [2.24, 2.45) is 0 Å². The number of rotatable bonds is 5. The number of nitrogens with two attached hydrogens (primary N) is 1. The molecular formula is C15H22N4. The average Bonchev–Trinajstić information content (AvgIpc) is 2.84. The largest absolute Gasteiger partial charge is 0.399 e. The van der Waals surface area contributed by atoms with Crippen molar-refractivity contribution >= 4 is 11.4 Å². The van der Waals surface area contributed by atoms with Gasteiger partial charge in [0.15, 0.2) is 0 Å². The van der Waals surface area contributed by atoms with E-state index in [1.165, 1.54) is 0 Å². The van der Waals surface area contributed by atoms with Crippen LogP contribution in [0.3, 0.4) is 0 Å². The summed E-state index contributed by atoms with van der Waals surface area (Å²) in [6, 6.07) is 10.5. The van der Waals surface area contributed by atoms with Crippen molar-refractivity contribution in [2.75, 3.05) is 17.2 Å². The second kappa shape index (κ2) is 5.78. The number of hydrogen-bond donors (Lipinski definition) is 1. The molecule has 2 N–H and O–H groups in total. The van der Waals surface area contributed by atoms with Crippen LogP contribution in [0.25, 0.3) is 0 Å². The van der Waals surface area contributed by atoms with E-state index in [0.29, 0.717) is 6.04 Å². The van der Waals surface area contributed by atoms with E-state index >= 15 is 0 Å². The molecule has 1 heterocycles. The Hall–Kier alpha value is -1.97. The van der Waals surface area contributed by atoms with Gasteiger partial charge in [-0.3, -0.25) is 4.68 Å². The fourth-order valence-electron chi connectivity index (χ4n) is 2.05. The predicted octanol–water partition coefficient (Wildman–Crippen LogP) is 3.07. The summed E-state index contributed by atoms with van der Waals surface area (Å²) in [6.07, 6.45) is 2.03. The molecule has 102 valence electrons. The Kier molecular flexibility index (Phi) is 4.10. The molecule has 0 fully saturated rings. The monoisotopic (exact) mass is 258 g/mol. The highest BCUT2D eigenvalue weighted by molar-refractivity contribution is 5.55. The predicted molar refractivity (Wildman–Crippen MR) is 80.2 cm³/mol. The first-order valence-electron chi connectivity index (χ1n) is 6.74. The Morgan fingerprint density at radius 2 is 2.11 bits per heavy atom. The molecule has 1 aromatic heterocycles. The Labute approximate surface area is 114 Å². The molecule has 0 radical (unpaired) electrons. The number of nitrogens with zero attached hydrogens (tertiary/aromatic N) is 3. The molecule has 0 atom stereocenters. The highest BCUT2D eigenvalue weighted by atomic mass is 15.3. The quantitative estimate of drug-likeness (QED) is 0.838. The van der Waals surface area contributed by atoms with E-state index < -0.39 is 0 Å². The highest BCUT2D eigenvalue weighted by Gasteiger charge is 2.08. The smallest absolute Gasteiger partial charge is 0.0817 e. The first-order chi connectivity index (χ1) is 9.10. The molecule has 2 rings (SSSR count). The third-order valence-electron chi connectivity index (χ3n) is 3.16. The van der Waals surface area contributed by atoms with Crippen molar-refractivity contribution in [3.8, 4) is 0 Å². The zero-order valence-corrected chi connectivity index (χ0v) is 11.9. The fraction of sp³-hybridized carbons (Fsp3) is 0.400. The van der Waals surface area contributed by atoms with Gasteiger partial charge in [-0.1, -0.05) is 6.07 Å². The number of aromatic nitrogens is 2. The molecule has 0 saturated heterocycles. The molecule has 2 aromatic rings. The molecule has 0 amide bonds. The van der Waals surface area contributed by atoms with E-state index in [0.717, 1.165) is 30.2 Å². The molecule has 0 aliphatic carbocycles. The maximum Gasteiger partial charge on any atom is 0.0817 e. The van der Waals surface area contributed by atoms with Crippen LogP contribution in [0, 0.1) is 0 Å². The van der Waals surface area contributed by atoms with Gasteiger partial charge in [0.2, 0.25) is 0 Å². The van der Waals surface area contributed by atoms with Gasteiger partial charge >= 0.3 is 0 Å². The molecule has 4 heteroatoms. The molecule has 1 aromatic carbocycles. The third kappa shape index (κ3) is 3.28. The molecule has 19 heavy (non-hydrogen) atoms. The van der Waals surface area contributed by atoms with Crippen LogP contribution < -0.4 is 10.6 Å². The van der Waals surface area contributed by atoms with Crippen molar-refractivity contribution < 1.29 is 0 Å². The zero-order valence-electron chi connectivity index (χ0n) is 11.9. The summed E-state index contributed by atoms with van der Waals surface area (Å²) in [6.45, 7) is 8.14. The van der Waals surface area contributed by atoms with Gasteiger partial charge < -0.3 is 10.6 Å². The second-order valence-corrected chi connectivity index (χ2v) is 4.99. The summed E-state index contributed by atoms with van der Waals surface area (Å²) >= 11 is 0. The Morgan fingerprint density at radius 1 is 1.32 bits per heavy atom. The van der Waals surface area contributed by atoms with Crippen LogP contribution in [0.2, 0.25) is 0 Å². The van der Waals surface area contributed by atoms with Crippen LogP contribution in [0.4, 0.5) is 11.4 Å².